The summed E-state index contributed by atoms with van der Waals surface area (Å²) in [7, 11) is 0. The largest absolute Gasteiger partial charge is 0.482 e. The fourth-order valence-corrected chi connectivity index (χ4v) is 2.43. The zero-order chi connectivity index (χ0) is 15.1. The summed E-state index contributed by atoms with van der Waals surface area (Å²) in [5.74, 6) is 0.379. The Morgan fingerprint density at radius 3 is 2.86 bits per heavy atom. The molecular formula is C15H20ClNO4. The molecule has 0 saturated carbocycles. The smallest absolute Gasteiger partial charge is 0.258 e. The van der Waals surface area contributed by atoms with Crippen LogP contribution in [0.25, 0.3) is 0 Å². The second-order valence-electron chi connectivity index (χ2n) is 5.04. The Balaban J connectivity index is 1.68. The van der Waals surface area contributed by atoms with Crippen LogP contribution in [0.3, 0.4) is 0 Å². The number of rotatable bonds is 6. The first kappa shape index (κ1) is 16.1. The van der Waals surface area contributed by atoms with Crippen LogP contribution in [-0.2, 0) is 9.53 Å². The molecule has 1 aromatic carbocycles. The SMILES string of the molecule is O=C(COc1ccccc1Cl)NCC(O)C1CCOCC1. The summed E-state index contributed by atoms with van der Waals surface area (Å²) in [6.45, 7) is 1.45. The van der Waals surface area contributed by atoms with Gasteiger partial charge < -0.3 is 19.9 Å². The second-order valence-corrected chi connectivity index (χ2v) is 5.45. The van der Waals surface area contributed by atoms with Gasteiger partial charge in [0, 0.05) is 19.8 Å². The number of aliphatic hydroxyl groups excluding tert-OH is 1. The van der Waals surface area contributed by atoms with Gasteiger partial charge in [-0.25, -0.2) is 0 Å². The first-order valence-electron chi connectivity index (χ1n) is 7.06. The normalized spacial score (nSPS) is 17.2. The molecule has 1 heterocycles. The summed E-state index contributed by atoms with van der Waals surface area (Å²) >= 11 is 5.93. The van der Waals surface area contributed by atoms with Crippen molar-refractivity contribution in [3.05, 3.63) is 29.3 Å². The van der Waals surface area contributed by atoms with Gasteiger partial charge in [0.05, 0.1) is 11.1 Å². The molecule has 1 aliphatic heterocycles. The van der Waals surface area contributed by atoms with Gasteiger partial charge in [-0.3, -0.25) is 4.79 Å². The van der Waals surface area contributed by atoms with Gasteiger partial charge in [-0.2, -0.15) is 0 Å². The molecule has 1 amide bonds. The lowest BCUT2D eigenvalue weighted by molar-refractivity contribution is -0.123. The molecule has 1 aliphatic rings. The predicted molar refractivity (Wildman–Crippen MR) is 79.5 cm³/mol. The van der Waals surface area contributed by atoms with E-state index in [0.29, 0.717) is 24.0 Å². The summed E-state index contributed by atoms with van der Waals surface area (Å²) in [4.78, 5) is 11.7. The van der Waals surface area contributed by atoms with Crippen LogP contribution in [0.4, 0.5) is 0 Å². The Hall–Kier alpha value is -1.30. The molecule has 0 radical (unpaired) electrons. The number of hydrogen-bond donors (Lipinski definition) is 2. The van der Waals surface area contributed by atoms with E-state index in [-0.39, 0.29) is 25.0 Å². The van der Waals surface area contributed by atoms with Gasteiger partial charge in [-0.15, -0.1) is 0 Å². The molecule has 1 saturated heterocycles. The molecule has 116 valence electrons. The van der Waals surface area contributed by atoms with Crippen molar-refractivity contribution in [3.8, 4) is 5.75 Å². The Kier molecular flexibility index (Phi) is 6.29. The minimum atomic E-state index is -0.543. The topological polar surface area (TPSA) is 67.8 Å². The molecular weight excluding hydrogens is 294 g/mol. The predicted octanol–water partition coefficient (Wildman–Crippen LogP) is 1.62. The lowest BCUT2D eigenvalue weighted by Gasteiger charge is -2.26. The van der Waals surface area contributed by atoms with Crippen LogP contribution >= 0.6 is 11.6 Å². The number of carbonyl (C=O) groups excluding carboxylic acids is 1. The summed E-state index contributed by atoms with van der Waals surface area (Å²) in [5, 5.41) is 13.2. The Morgan fingerprint density at radius 1 is 1.43 bits per heavy atom. The molecule has 0 bridgehead atoms. The van der Waals surface area contributed by atoms with E-state index in [2.05, 4.69) is 5.32 Å². The Bertz CT molecular complexity index is 463. The molecule has 1 unspecified atom stereocenters. The summed E-state index contributed by atoms with van der Waals surface area (Å²) < 4.78 is 10.6. The molecule has 0 spiro atoms. The van der Waals surface area contributed by atoms with E-state index in [9.17, 15) is 9.90 Å². The summed E-state index contributed by atoms with van der Waals surface area (Å²) in [5.41, 5.74) is 0. The van der Waals surface area contributed by atoms with Crippen LogP contribution in [0.5, 0.6) is 5.75 Å². The molecule has 1 atom stereocenters. The second kappa shape index (κ2) is 8.22. The van der Waals surface area contributed by atoms with Crippen molar-refractivity contribution >= 4 is 17.5 Å². The molecule has 21 heavy (non-hydrogen) atoms. The number of carbonyl (C=O) groups is 1. The van der Waals surface area contributed by atoms with Crippen molar-refractivity contribution in [1.82, 2.24) is 5.32 Å². The minimum absolute atomic E-state index is 0.121. The van der Waals surface area contributed by atoms with Crippen LogP contribution in [0.15, 0.2) is 24.3 Å². The van der Waals surface area contributed by atoms with E-state index < -0.39 is 6.10 Å². The third kappa shape index (κ3) is 5.19. The van der Waals surface area contributed by atoms with Crippen LogP contribution in [0.1, 0.15) is 12.8 Å². The fraction of sp³-hybridized carbons (Fsp3) is 0.533. The number of benzene rings is 1. The van der Waals surface area contributed by atoms with E-state index in [1.165, 1.54) is 0 Å². The highest BCUT2D eigenvalue weighted by Gasteiger charge is 2.22. The van der Waals surface area contributed by atoms with E-state index in [1.807, 2.05) is 0 Å². The number of aliphatic hydroxyl groups is 1. The van der Waals surface area contributed by atoms with Crippen molar-refractivity contribution in [2.24, 2.45) is 5.92 Å². The first-order chi connectivity index (χ1) is 10.2. The fourth-order valence-electron chi connectivity index (χ4n) is 2.24. The maximum atomic E-state index is 11.7. The number of amides is 1. The monoisotopic (exact) mass is 313 g/mol. The van der Waals surface area contributed by atoms with Gasteiger partial charge in [0.1, 0.15) is 5.75 Å². The highest BCUT2D eigenvalue weighted by atomic mass is 35.5. The summed E-state index contributed by atoms with van der Waals surface area (Å²) in [6.07, 6.45) is 1.11. The maximum absolute atomic E-state index is 11.7. The highest BCUT2D eigenvalue weighted by molar-refractivity contribution is 6.32. The van der Waals surface area contributed by atoms with Crippen LogP contribution in [0, 0.1) is 5.92 Å². The van der Waals surface area contributed by atoms with E-state index in [0.717, 1.165) is 12.8 Å². The third-order valence-electron chi connectivity index (χ3n) is 3.51. The zero-order valence-corrected chi connectivity index (χ0v) is 12.5. The first-order valence-corrected chi connectivity index (χ1v) is 7.44. The average Bonchev–Trinajstić information content (AvgIpc) is 2.52. The minimum Gasteiger partial charge on any atom is -0.482 e. The van der Waals surface area contributed by atoms with Gasteiger partial charge in [-0.1, -0.05) is 23.7 Å². The van der Waals surface area contributed by atoms with E-state index in [1.54, 1.807) is 24.3 Å². The average molecular weight is 314 g/mol. The van der Waals surface area contributed by atoms with Crippen molar-refractivity contribution in [2.45, 2.75) is 18.9 Å². The molecule has 1 fully saturated rings. The zero-order valence-electron chi connectivity index (χ0n) is 11.8. The number of hydrogen-bond acceptors (Lipinski definition) is 4. The van der Waals surface area contributed by atoms with Gasteiger partial charge in [0.25, 0.3) is 5.91 Å². The lowest BCUT2D eigenvalue weighted by atomic mass is 9.94. The maximum Gasteiger partial charge on any atom is 0.258 e. The van der Waals surface area contributed by atoms with E-state index in [4.69, 9.17) is 21.1 Å². The molecule has 0 aromatic heterocycles. The van der Waals surface area contributed by atoms with Crippen molar-refractivity contribution < 1.29 is 19.4 Å². The number of halogens is 1. The van der Waals surface area contributed by atoms with Crippen molar-refractivity contribution in [1.29, 1.82) is 0 Å². The molecule has 5 nitrogen and oxygen atoms in total. The van der Waals surface area contributed by atoms with Gasteiger partial charge in [-0.05, 0) is 30.9 Å². The van der Waals surface area contributed by atoms with Crippen LogP contribution < -0.4 is 10.1 Å². The Morgan fingerprint density at radius 2 is 2.14 bits per heavy atom. The molecule has 0 aliphatic carbocycles. The number of nitrogens with one attached hydrogen (secondary N) is 1. The van der Waals surface area contributed by atoms with E-state index >= 15 is 0 Å². The number of ether oxygens (including phenoxy) is 2. The molecule has 2 rings (SSSR count). The third-order valence-corrected chi connectivity index (χ3v) is 3.83. The Labute approximate surface area is 129 Å². The standard InChI is InChI=1S/C15H20ClNO4/c16-12-3-1-2-4-14(12)21-10-15(19)17-9-13(18)11-5-7-20-8-6-11/h1-4,11,13,18H,5-10H2,(H,17,19). The highest BCUT2D eigenvalue weighted by Crippen LogP contribution is 2.22. The molecule has 6 heteroatoms. The van der Waals surface area contributed by atoms with Gasteiger partial charge >= 0.3 is 0 Å². The summed E-state index contributed by atoms with van der Waals surface area (Å²) in [6, 6.07) is 6.98. The van der Waals surface area contributed by atoms with Gasteiger partial charge in [0.15, 0.2) is 6.61 Å². The van der Waals surface area contributed by atoms with Crippen molar-refractivity contribution in [2.75, 3.05) is 26.4 Å². The quantitative estimate of drug-likeness (QED) is 0.837. The van der Waals surface area contributed by atoms with Gasteiger partial charge in [0.2, 0.25) is 0 Å². The molecule has 1 aromatic rings. The number of para-hydroxylation sites is 1. The lowest BCUT2D eigenvalue weighted by Crippen LogP contribution is -2.40. The molecule has 2 N–H and O–H groups in total. The van der Waals surface area contributed by atoms with Crippen molar-refractivity contribution in [3.63, 3.8) is 0 Å². The van der Waals surface area contributed by atoms with Crippen LogP contribution in [0.2, 0.25) is 5.02 Å². The van der Waals surface area contributed by atoms with Crippen LogP contribution in [-0.4, -0.2) is 43.5 Å².